The molecule has 0 saturated carbocycles. The van der Waals surface area contributed by atoms with E-state index in [-0.39, 0.29) is 0 Å². The van der Waals surface area contributed by atoms with Crippen molar-refractivity contribution in [1.82, 2.24) is 5.32 Å². The van der Waals surface area contributed by atoms with Gasteiger partial charge in [0.15, 0.2) is 0 Å². The predicted molar refractivity (Wildman–Crippen MR) is 80.0 cm³/mol. The van der Waals surface area contributed by atoms with Gasteiger partial charge in [-0.3, -0.25) is 4.79 Å². The van der Waals surface area contributed by atoms with Crippen molar-refractivity contribution in [2.75, 3.05) is 6.54 Å². The van der Waals surface area contributed by atoms with E-state index in [0.717, 1.165) is 19.4 Å². The van der Waals surface area contributed by atoms with E-state index in [1.807, 2.05) is 0 Å². The van der Waals surface area contributed by atoms with E-state index >= 15 is 0 Å². The van der Waals surface area contributed by atoms with Crippen LogP contribution in [-0.2, 0) is 4.79 Å². The maximum absolute atomic E-state index is 11.7. The quantitative estimate of drug-likeness (QED) is 0.492. The molecule has 0 heterocycles. The standard InChI is InChI=1S/C16H33NO/c1-4-6-7-8-9-10-11-12-13-16(18)14-15(3)17-5-2/h15,17H,4-14H2,1-3H3. The van der Waals surface area contributed by atoms with E-state index in [1.165, 1.54) is 44.9 Å². The molecule has 1 unspecified atom stereocenters. The molecule has 0 radical (unpaired) electrons. The molecule has 0 aliphatic rings. The molecule has 0 saturated heterocycles. The van der Waals surface area contributed by atoms with Crippen LogP contribution in [0.15, 0.2) is 0 Å². The highest BCUT2D eigenvalue weighted by atomic mass is 16.1. The van der Waals surface area contributed by atoms with Crippen LogP contribution in [0, 0.1) is 0 Å². The van der Waals surface area contributed by atoms with Crippen molar-refractivity contribution in [2.45, 2.75) is 91.0 Å². The fraction of sp³-hybridized carbons (Fsp3) is 0.938. The van der Waals surface area contributed by atoms with Crippen molar-refractivity contribution < 1.29 is 4.79 Å². The van der Waals surface area contributed by atoms with Crippen molar-refractivity contribution in [3.05, 3.63) is 0 Å². The van der Waals surface area contributed by atoms with Crippen LogP contribution < -0.4 is 5.32 Å². The minimum absolute atomic E-state index is 0.344. The molecule has 0 aromatic carbocycles. The second-order valence-electron chi connectivity index (χ2n) is 5.43. The summed E-state index contributed by atoms with van der Waals surface area (Å²) in [6.07, 6.45) is 11.9. The largest absolute Gasteiger partial charge is 0.314 e. The molecule has 0 aliphatic heterocycles. The molecule has 18 heavy (non-hydrogen) atoms. The molecule has 2 nitrogen and oxygen atoms in total. The van der Waals surface area contributed by atoms with Gasteiger partial charge in [-0.05, 0) is 19.9 Å². The van der Waals surface area contributed by atoms with Crippen LogP contribution >= 0.6 is 0 Å². The Bertz CT molecular complexity index is 192. The first-order chi connectivity index (χ1) is 8.70. The van der Waals surface area contributed by atoms with E-state index in [9.17, 15) is 4.79 Å². The van der Waals surface area contributed by atoms with Crippen LogP contribution in [0.3, 0.4) is 0 Å². The van der Waals surface area contributed by atoms with Gasteiger partial charge in [-0.1, -0.05) is 58.8 Å². The van der Waals surface area contributed by atoms with Gasteiger partial charge in [0.1, 0.15) is 5.78 Å². The minimum atomic E-state index is 0.344. The number of ketones is 1. The number of carbonyl (C=O) groups is 1. The summed E-state index contributed by atoms with van der Waals surface area (Å²) in [7, 11) is 0. The van der Waals surface area contributed by atoms with Gasteiger partial charge in [0.2, 0.25) is 0 Å². The van der Waals surface area contributed by atoms with Crippen LogP contribution in [0.2, 0.25) is 0 Å². The Hall–Kier alpha value is -0.370. The second kappa shape index (κ2) is 13.1. The number of nitrogens with one attached hydrogen (secondary N) is 1. The zero-order valence-electron chi connectivity index (χ0n) is 12.8. The summed E-state index contributed by atoms with van der Waals surface area (Å²) in [4.78, 5) is 11.7. The van der Waals surface area contributed by atoms with Crippen LogP contribution in [0.5, 0.6) is 0 Å². The number of Topliss-reactive ketones (excluding diaryl/α,β-unsaturated/α-hetero) is 1. The molecule has 0 aromatic rings. The molecule has 108 valence electrons. The number of carbonyl (C=O) groups excluding carboxylic acids is 1. The Labute approximate surface area is 114 Å². The van der Waals surface area contributed by atoms with Crippen molar-refractivity contribution in [2.24, 2.45) is 0 Å². The molecule has 1 N–H and O–H groups in total. The Morgan fingerprint density at radius 3 is 2.06 bits per heavy atom. The average Bonchev–Trinajstić information content (AvgIpc) is 2.32. The van der Waals surface area contributed by atoms with Gasteiger partial charge >= 0.3 is 0 Å². The zero-order valence-corrected chi connectivity index (χ0v) is 12.8. The van der Waals surface area contributed by atoms with Crippen molar-refractivity contribution in [1.29, 1.82) is 0 Å². The molecule has 0 aromatic heterocycles. The molecule has 0 amide bonds. The lowest BCUT2D eigenvalue weighted by atomic mass is 10.0. The lowest BCUT2D eigenvalue weighted by Crippen LogP contribution is -2.28. The SMILES string of the molecule is CCCCCCCCCCC(=O)CC(C)NCC. The third-order valence-electron chi connectivity index (χ3n) is 3.40. The molecule has 0 fully saturated rings. The number of hydrogen-bond acceptors (Lipinski definition) is 2. The van der Waals surface area contributed by atoms with Gasteiger partial charge in [0, 0.05) is 18.9 Å². The summed E-state index contributed by atoms with van der Waals surface area (Å²) < 4.78 is 0. The average molecular weight is 255 g/mol. The third-order valence-corrected chi connectivity index (χ3v) is 3.40. The van der Waals surface area contributed by atoms with E-state index in [0.29, 0.717) is 18.2 Å². The maximum Gasteiger partial charge on any atom is 0.134 e. The summed E-state index contributed by atoms with van der Waals surface area (Å²) in [5, 5.41) is 3.29. The van der Waals surface area contributed by atoms with Gasteiger partial charge < -0.3 is 5.32 Å². The lowest BCUT2D eigenvalue weighted by molar-refractivity contribution is -0.119. The van der Waals surface area contributed by atoms with E-state index in [4.69, 9.17) is 0 Å². The van der Waals surface area contributed by atoms with Crippen molar-refractivity contribution in [3.8, 4) is 0 Å². The smallest absolute Gasteiger partial charge is 0.134 e. The van der Waals surface area contributed by atoms with E-state index in [2.05, 4.69) is 26.1 Å². The van der Waals surface area contributed by atoms with Gasteiger partial charge in [0.05, 0.1) is 0 Å². The lowest BCUT2D eigenvalue weighted by Gasteiger charge is -2.10. The Balaban J connectivity index is 3.25. The predicted octanol–water partition coefficient (Wildman–Crippen LogP) is 4.47. The normalized spacial score (nSPS) is 12.6. The van der Waals surface area contributed by atoms with Crippen LogP contribution in [0.25, 0.3) is 0 Å². The highest BCUT2D eigenvalue weighted by Gasteiger charge is 2.07. The molecule has 0 spiro atoms. The molecule has 0 bridgehead atoms. The third kappa shape index (κ3) is 12.1. The van der Waals surface area contributed by atoms with Crippen LogP contribution in [-0.4, -0.2) is 18.4 Å². The number of unbranched alkanes of at least 4 members (excludes halogenated alkanes) is 7. The molecule has 0 aliphatic carbocycles. The van der Waals surface area contributed by atoms with Gasteiger partial charge in [-0.25, -0.2) is 0 Å². The van der Waals surface area contributed by atoms with Crippen LogP contribution in [0.4, 0.5) is 0 Å². The highest BCUT2D eigenvalue weighted by Crippen LogP contribution is 2.10. The summed E-state index contributed by atoms with van der Waals surface area (Å²) in [5.74, 6) is 0.425. The fourth-order valence-electron chi connectivity index (χ4n) is 2.32. The topological polar surface area (TPSA) is 29.1 Å². The maximum atomic E-state index is 11.7. The zero-order chi connectivity index (χ0) is 13.6. The number of hydrogen-bond donors (Lipinski definition) is 1. The second-order valence-corrected chi connectivity index (χ2v) is 5.43. The Morgan fingerprint density at radius 2 is 1.50 bits per heavy atom. The Morgan fingerprint density at radius 1 is 0.944 bits per heavy atom. The summed E-state index contributed by atoms with van der Waals surface area (Å²) in [6, 6.07) is 0.344. The van der Waals surface area contributed by atoms with E-state index < -0.39 is 0 Å². The summed E-state index contributed by atoms with van der Waals surface area (Å²) >= 11 is 0. The molecule has 0 rings (SSSR count). The van der Waals surface area contributed by atoms with Crippen molar-refractivity contribution >= 4 is 5.78 Å². The molecule has 2 heteroatoms. The van der Waals surface area contributed by atoms with Gasteiger partial charge in [-0.15, -0.1) is 0 Å². The minimum Gasteiger partial charge on any atom is -0.314 e. The first-order valence-electron chi connectivity index (χ1n) is 7.95. The van der Waals surface area contributed by atoms with E-state index in [1.54, 1.807) is 0 Å². The summed E-state index contributed by atoms with van der Waals surface area (Å²) in [5.41, 5.74) is 0. The number of rotatable bonds is 13. The van der Waals surface area contributed by atoms with Crippen molar-refractivity contribution in [3.63, 3.8) is 0 Å². The fourth-order valence-corrected chi connectivity index (χ4v) is 2.32. The molecule has 1 atom stereocenters. The molecular formula is C16H33NO. The molecular weight excluding hydrogens is 222 g/mol. The first kappa shape index (κ1) is 17.6. The summed E-state index contributed by atoms with van der Waals surface area (Å²) in [6.45, 7) is 7.38. The monoisotopic (exact) mass is 255 g/mol. The Kier molecular flexibility index (Phi) is 12.8. The van der Waals surface area contributed by atoms with Gasteiger partial charge in [-0.2, -0.15) is 0 Å². The highest BCUT2D eigenvalue weighted by molar-refractivity contribution is 5.78. The van der Waals surface area contributed by atoms with Gasteiger partial charge in [0.25, 0.3) is 0 Å². The first-order valence-corrected chi connectivity index (χ1v) is 7.95. The van der Waals surface area contributed by atoms with Crippen LogP contribution in [0.1, 0.15) is 85.0 Å².